The van der Waals surface area contributed by atoms with E-state index in [9.17, 15) is 0 Å². The first-order chi connectivity index (χ1) is 6.20. The second kappa shape index (κ2) is 2.94. The summed E-state index contributed by atoms with van der Waals surface area (Å²) in [4.78, 5) is 2.22. The first-order valence-electron chi connectivity index (χ1n) is 4.72. The molecule has 0 fully saturated rings. The minimum absolute atomic E-state index is 0.552. The lowest BCUT2D eigenvalue weighted by Gasteiger charge is -2.21. The van der Waals surface area contributed by atoms with Crippen molar-refractivity contribution < 1.29 is 0 Å². The summed E-state index contributed by atoms with van der Waals surface area (Å²) in [5.74, 6) is 1.04. The van der Waals surface area contributed by atoms with Gasteiger partial charge in [-0.3, -0.25) is 5.10 Å². The Morgan fingerprint density at radius 2 is 2.31 bits per heavy atom. The summed E-state index contributed by atoms with van der Waals surface area (Å²) in [6.07, 6.45) is 1.16. The molecule has 72 valence electrons. The van der Waals surface area contributed by atoms with Gasteiger partial charge in [0.1, 0.15) is 5.69 Å². The zero-order chi connectivity index (χ0) is 9.42. The normalized spacial score (nSPS) is 22.1. The van der Waals surface area contributed by atoms with E-state index in [1.54, 1.807) is 0 Å². The third-order valence-electron chi connectivity index (χ3n) is 2.79. The zero-order valence-electron chi connectivity index (χ0n) is 8.39. The number of H-pyrrole nitrogens is 1. The van der Waals surface area contributed by atoms with Crippen LogP contribution in [0, 0.1) is 6.92 Å². The molecule has 0 radical (unpaired) electrons. The predicted molar refractivity (Wildman–Crippen MR) is 54.3 cm³/mol. The van der Waals surface area contributed by atoms with Crippen LogP contribution in [0.3, 0.4) is 0 Å². The Labute approximate surface area is 78.3 Å². The van der Waals surface area contributed by atoms with Gasteiger partial charge in [0.05, 0.1) is 5.69 Å². The van der Waals surface area contributed by atoms with Crippen LogP contribution in [0.1, 0.15) is 19.0 Å². The van der Waals surface area contributed by atoms with Crippen molar-refractivity contribution in [3.05, 3.63) is 5.69 Å². The highest BCUT2D eigenvalue weighted by Gasteiger charge is 2.21. The molecule has 2 N–H and O–H groups in total. The molecule has 1 aromatic rings. The number of aromatic nitrogens is 2. The molecule has 1 atom stereocenters. The third-order valence-corrected chi connectivity index (χ3v) is 2.79. The maximum atomic E-state index is 4.29. The molecule has 2 heterocycles. The fourth-order valence-electron chi connectivity index (χ4n) is 1.69. The molecular formula is C9H16N4. The van der Waals surface area contributed by atoms with Gasteiger partial charge in [0.2, 0.25) is 0 Å². The van der Waals surface area contributed by atoms with Crippen molar-refractivity contribution in [3.63, 3.8) is 0 Å². The number of nitrogens with one attached hydrogen (secondary N) is 2. The summed E-state index contributed by atoms with van der Waals surface area (Å²) in [7, 11) is 2.09. The molecule has 1 aromatic heterocycles. The molecule has 13 heavy (non-hydrogen) atoms. The standard InChI is InChI=1S/C9H16N4/c1-6-4-5-10-8-7(2)11-12-9(8)13(6)3/h6,10H,4-5H2,1-3H3,(H,11,12). The average molecular weight is 180 g/mol. The summed E-state index contributed by atoms with van der Waals surface area (Å²) >= 11 is 0. The van der Waals surface area contributed by atoms with Gasteiger partial charge in [-0.25, -0.2) is 0 Å². The number of fused-ring (bicyclic) bond motifs is 1. The molecule has 1 aliphatic heterocycles. The number of anilines is 2. The van der Waals surface area contributed by atoms with E-state index in [-0.39, 0.29) is 0 Å². The summed E-state index contributed by atoms with van der Waals surface area (Å²) < 4.78 is 0. The largest absolute Gasteiger partial charge is 0.380 e. The molecule has 0 bridgehead atoms. The van der Waals surface area contributed by atoms with Crippen molar-refractivity contribution in [1.82, 2.24) is 10.2 Å². The number of hydrogen-bond donors (Lipinski definition) is 2. The second-order valence-electron chi connectivity index (χ2n) is 3.72. The van der Waals surface area contributed by atoms with Gasteiger partial charge in [0.15, 0.2) is 5.82 Å². The van der Waals surface area contributed by atoms with Gasteiger partial charge in [-0.05, 0) is 20.3 Å². The van der Waals surface area contributed by atoms with Gasteiger partial charge >= 0.3 is 0 Å². The Morgan fingerprint density at radius 3 is 3.08 bits per heavy atom. The van der Waals surface area contributed by atoms with Crippen LogP contribution in [-0.2, 0) is 0 Å². The van der Waals surface area contributed by atoms with Gasteiger partial charge in [-0.1, -0.05) is 0 Å². The van der Waals surface area contributed by atoms with E-state index in [4.69, 9.17) is 0 Å². The molecular weight excluding hydrogens is 164 g/mol. The van der Waals surface area contributed by atoms with Gasteiger partial charge in [0.25, 0.3) is 0 Å². The molecule has 0 aromatic carbocycles. The molecule has 2 rings (SSSR count). The van der Waals surface area contributed by atoms with Crippen LogP contribution < -0.4 is 10.2 Å². The summed E-state index contributed by atoms with van der Waals surface area (Å²) in [5.41, 5.74) is 2.28. The van der Waals surface area contributed by atoms with Crippen molar-refractivity contribution in [2.45, 2.75) is 26.3 Å². The Hall–Kier alpha value is -1.19. The number of nitrogens with zero attached hydrogens (tertiary/aromatic N) is 2. The van der Waals surface area contributed by atoms with Crippen molar-refractivity contribution in [2.24, 2.45) is 0 Å². The van der Waals surface area contributed by atoms with E-state index in [1.165, 1.54) is 0 Å². The first-order valence-corrected chi connectivity index (χ1v) is 4.72. The van der Waals surface area contributed by atoms with E-state index in [0.717, 1.165) is 30.2 Å². The van der Waals surface area contributed by atoms with E-state index in [2.05, 4.69) is 34.4 Å². The topological polar surface area (TPSA) is 44.0 Å². The highest BCUT2D eigenvalue weighted by molar-refractivity contribution is 5.69. The fourth-order valence-corrected chi connectivity index (χ4v) is 1.69. The quantitative estimate of drug-likeness (QED) is 0.633. The molecule has 0 aliphatic carbocycles. The third kappa shape index (κ3) is 1.26. The zero-order valence-corrected chi connectivity index (χ0v) is 8.39. The van der Waals surface area contributed by atoms with Gasteiger partial charge < -0.3 is 10.2 Å². The molecule has 0 saturated carbocycles. The van der Waals surface area contributed by atoms with Crippen LogP contribution in [0.2, 0.25) is 0 Å². The van der Waals surface area contributed by atoms with Crippen molar-refractivity contribution in [3.8, 4) is 0 Å². The Balaban J connectivity index is 2.41. The number of aromatic amines is 1. The van der Waals surface area contributed by atoms with Crippen LogP contribution in [0.25, 0.3) is 0 Å². The second-order valence-corrected chi connectivity index (χ2v) is 3.72. The minimum atomic E-state index is 0.552. The fraction of sp³-hybridized carbons (Fsp3) is 0.667. The van der Waals surface area contributed by atoms with Crippen LogP contribution >= 0.6 is 0 Å². The summed E-state index contributed by atoms with van der Waals surface area (Å²) in [6, 6.07) is 0.552. The lowest BCUT2D eigenvalue weighted by molar-refractivity contribution is 0.649. The van der Waals surface area contributed by atoms with Crippen LogP contribution in [-0.4, -0.2) is 29.8 Å². The van der Waals surface area contributed by atoms with Crippen LogP contribution in [0.5, 0.6) is 0 Å². The monoisotopic (exact) mass is 180 g/mol. The van der Waals surface area contributed by atoms with Crippen molar-refractivity contribution >= 4 is 11.5 Å². The molecule has 4 nitrogen and oxygen atoms in total. The van der Waals surface area contributed by atoms with Gasteiger partial charge in [-0.15, -0.1) is 0 Å². The van der Waals surface area contributed by atoms with E-state index in [1.807, 2.05) is 6.92 Å². The molecule has 1 aliphatic rings. The van der Waals surface area contributed by atoms with Crippen LogP contribution in [0.4, 0.5) is 11.5 Å². The molecule has 4 heteroatoms. The first kappa shape index (κ1) is 8.41. The summed E-state index contributed by atoms with van der Waals surface area (Å²) in [5, 5.41) is 10.7. The number of hydrogen-bond acceptors (Lipinski definition) is 3. The molecule has 0 saturated heterocycles. The maximum absolute atomic E-state index is 4.29. The predicted octanol–water partition coefficient (Wildman–Crippen LogP) is 1.36. The maximum Gasteiger partial charge on any atom is 0.174 e. The Morgan fingerprint density at radius 1 is 1.54 bits per heavy atom. The molecule has 0 spiro atoms. The summed E-state index contributed by atoms with van der Waals surface area (Å²) in [6.45, 7) is 5.29. The number of aryl methyl sites for hydroxylation is 1. The highest BCUT2D eigenvalue weighted by Crippen LogP contribution is 2.29. The van der Waals surface area contributed by atoms with Crippen LogP contribution in [0.15, 0.2) is 0 Å². The lowest BCUT2D eigenvalue weighted by Crippen LogP contribution is -2.28. The Kier molecular flexibility index (Phi) is 1.90. The average Bonchev–Trinajstić information content (AvgIpc) is 2.40. The van der Waals surface area contributed by atoms with E-state index in [0.29, 0.717) is 6.04 Å². The van der Waals surface area contributed by atoms with Crippen molar-refractivity contribution in [2.75, 3.05) is 23.8 Å². The highest BCUT2D eigenvalue weighted by atomic mass is 15.3. The van der Waals surface area contributed by atoms with E-state index < -0.39 is 0 Å². The SMILES string of the molecule is Cc1[nH]nc2c1NCCC(C)N2C. The lowest BCUT2D eigenvalue weighted by atomic mass is 10.2. The molecule has 1 unspecified atom stereocenters. The van der Waals surface area contributed by atoms with Gasteiger partial charge in [0, 0.05) is 19.6 Å². The Bertz CT molecular complexity index is 305. The number of rotatable bonds is 0. The minimum Gasteiger partial charge on any atom is -0.380 e. The molecule has 0 amide bonds. The smallest absolute Gasteiger partial charge is 0.174 e. The van der Waals surface area contributed by atoms with Crippen molar-refractivity contribution in [1.29, 1.82) is 0 Å². The van der Waals surface area contributed by atoms with Gasteiger partial charge in [-0.2, -0.15) is 5.10 Å². The van der Waals surface area contributed by atoms with E-state index >= 15 is 0 Å².